The maximum absolute atomic E-state index is 13.3. The lowest BCUT2D eigenvalue weighted by Crippen LogP contribution is -2.42. The minimum atomic E-state index is -0.865. The van der Waals surface area contributed by atoms with Crippen LogP contribution in [0, 0.1) is 10.1 Å². The average molecular weight is 494 g/mol. The number of Topliss-reactive ketones (excluding diaryl/α,β-unsaturated/α-hetero) is 1. The molecule has 10 nitrogen and oxygen atoms in total. The first kappa shape index (κ1) is 24.0. The zero-order valence-electron chi connectivity index (χ0n) is 19.9. The highest BCUT2D eigenvalue weighted by Gasteiger charge is 2.46. The number of likely N-dealkylation sites (tertiary alicyclic amines) is 1. The van der Waals surface area contributed by atoms with Gasteiger partial charge in [0.05, 0.1) is 29.8 Å². The zero-order chi connectivity index (χ0) is 25.4. The van der Waals surface area contributed by atoms with E-state index >= 15 is 0 Å². The molecule has 0 spiro atoms. The Bertz CT molecular complexity index is 1230. The number of benzene rings is 2. The summed E-state index contributed by atoms with van der Waals surface area (Å²) in [5, 5.41) is 22.5. The number of aliphatic hydroxyl groups is 1. The van der Waals surface area contributed by atoms with Gasteiger partial charge < -0.3 is 19.5 Å². The molecule has 0 radical (unpaired) electrons. The van der Waals surface area contributed by atoms with E-state index in [9.17, 15) is 24.8 Å². The maximum Gasteiger partial charge on any atom is 0.295 e. The molecule has 10 heteroatoms. The van der Waals surface area contributed by atoms with E-state index in [1.807, 2.05) is 6.92 Å². The van der Waals surface area contributed by atoms with Gasteiger partial charge in [-0.25, -0.2) is 0 Å². The SMILES string of the molecule is C[C@@H]1Cc2cc(C(O)=C3C(=O)C(=O)N(CCN4CCOCC4)[C@@H]3c3ccc([N+](=O)[O-])cc3)ccc2O1. The van der Waals surface area contributed by atoms with E-state index in [2.05, 4.69) is 4.90 Å². The summed E-state index contributed by atoms with van der Waals surface area (Å²) in [6.07, 6.45) is 0.694. The summed E-state index contributed by atoms with van der Waals surface area (Å²) < 4.78 is 11.1. The fraction of sp³-hybridized carbons (Fsp3) is 0.385. The van der Waals surface area contributed by atoms with E-state index in [0.29, 0.717) is 37.3 Å². The standard InChI is InChI=1S/C26H27N3O7/c1-16-14-19-15-18(4-7-21(19)36-16)24(30)22-23(17-2-5-20(6-3-17)29(33)34)28(26(32)25(22)31)9-8-27-10-12-35-13-11-27/h2-7,15-16,23,30H,8-14H2,1H3/t16-,23-/m1/s1. The molecule has 2 fully saturated rings. The molecule has 0 saturated carbocycles. The van der Waals surface area contributed by atoms with E-state index < -0.39 is 22.7 Å². The molecule has 0 aliphatic carbocycles. The van der Waals surface area contributed by atoms with Crippen LogP contribution in [0.2, 0.25) is 0 Å². The second kappa shape index (κ2) is 9.71. The van der Waals surface area contributed by atoms with Crippen molar-refractivity contribution in [2.45, 2.75) is 25.5 Å². The van der Waals surface area contributed by atoms with Crippen LogP contribution in [0.4, 0.5) is 5.69 Å². The summed E-state index contributed by atoms with van der Waals surface area (Å²) in [6.45, 7) is 5.40. The minimum absolute atomic E-state index is 0.0169. The molecule has 2 saturated heterocycles. The zero-order valence-corrected chi connectivity index (χ0v) is 19.9. The van der Waals surface area contributed by atoms with Crippen molar-refractivity contribution in [2.75, 3.05) is 39.4 Å². The number of non-ortho nitro benzene ring substituents is 1. The molecule has 0 bridgehead atoms. The first-order chi connectivity index (χ1) is 17.3. The molecule has 3 aliphatic rings. The highest BCUT2D eigenvalue weighted by molar-refractivity contribution is 6.46. The quantitative estimate of drug-likeness (QED) is 0.214. The lowest BCUT2D eigenvalue weighted by Gasteiger charge is -2.31. The summed E-state index contributed by atoms with van der Waals surface area (Å²) >= 11 is 0. The van der Waals surface area contributed by atoms with Gasteiger partial charge in [0.1, 0.15) is 17.6 Å². The Hall–Kier alpha value is -3.76. The van der Waals surface area contributed by atoms with Crippen LogP contribution in [0.5, 0.6) is 5.75 Å². The van der Waals surface area contributed by atoms with Crippen LogP contribution in [0.1, 0.15) is 29.7 Å². The highest BCUT2D eigenvalue weighted by Crippen LogP contribution is 2.40. The minimum Gasteiger partial charge on any atom is -0.507 e. The average Bonchev–Trinajstić information content (AvgIpc) is 3.38. The number of amides is 1. The monoisotopic (exact) mass is 493 g/mol. The molecule has 3 aliphatic heterocycles. The molecule has 2 aromatic rings. The van der Waals surface area contributed by atoms with Crippen molar-refractivity contribution in [3.8, 4) is 5.75 Å². The number of nitro groups is 1. The van der Waals surface area contributed by atoms with Gasteiger partial charge in [-0.15, -0.1) is 0 Å². The predicted molar refractivity (Wildman–Crippen MR) is 130 cm³/mol. The summed E-state index contributed by atoms with van der Waals surface area (Å²) in [5.74, 6) is -1.01. The van der Waals surface area contributed by atoms with Gasteiger partial charge in [-0.3, -0.25) is 24.6 Å². The number of ether oxygens (including phenoxy) is 2. The number of nitrogens with zero attached hydrogens (tertiary/aromatic N) is 3. The number of morpholine rings is 1. The second-order valence-corrected chi connectivity index (χ2v) is 9.25. The van der Waals surface area contributed by atoms with Crippen LogP contribution in [-0.4, -0.2) is 77.0 Å². The van der Waals surface area contributed by atoms with Crippen molar-refractivity contribution >= 4 is 23.1 Å². The number of aliphatic hydroxyl groups excluding tert-OH is 1. The molecule has 2 aromatic carbocycles. The van der Waals surface area contributed by atoms with E-state index in [-0.39, 0.29) is 29.7 Å². The van der Waals surface area contributed by atoms with Crippen molar-refractivity contribution in [2.24, 2.45) is 0 Å². The fourth-order valence-electron chi connectivity index (χ4n) is 5.03. The number of hydrogen-bond donors (Lipinski definition) is 1. The molecule has 0 unspecified atom stereocenters. The summed E-state index contributed by atoms with van der Waals surface area (Å²) in [5.41, 5.74) is 1.73. The largest absolute Gasteiger partial charge is 0.507 e. The second-order valence-electron chi connectivity index (χ2n) is 9.25. The topological polar surface area (TPSA) is 122 Å². The van der Waals surface area contributed by atoms with Crippen molar-refractivity contribution in [1.29, 1.82) is 0 Å². The van der Waals surface area contributed by atoms with Gasteiger partial charge in [-0.05, 0) is 48.4 Å². The van der Waals surface area contributed by atoms with Gasteiger partial charge in [0.25, 0.3) is 17.4 Å². The molecular formula is C26H27N3O7. The molecule has 2 atom stereocenters. The third kappa shape index (κ3) is 4.45. The van der Waals surface area contributed by atoms with Crippen LogP contribution in [-0.2, 0) is 20.7 Å². The lowest BCUT2D eigenvalue weighted by atomic mass is 9.94. The van der Waals surface area contributed by atoms with Crippen LogP contribution < -0.4 is 4.74 Å². The number of rotatable bonds is 6. The van der Waals surface area contributed by atoms with Gasteiger partial charge >= 0.3 is 0 Å². The van der Waals surface area contributed by atoms with E-state index in [4.69, 9.17) is 9.47 Å². The smallest absolute Gasteiger partial charge is 0.295 e. The van der Waals surface area contributed by atoms with Crippen LogP contribution in [0.15, 0.2) is 48.0 Å². The summed E-state index contributed by atoms with van der Waals surface area (Å²) in [7, 11) is 0. The number of ketones is 1. The highest BCUT2D eigenvalue weighted by atomic mass is 16.6. The lowest BCUT2D eigenvalue weighted by molar-refractivity contribution is -0.384. The fourth-order valence-corrected chi connectivity index (χ4v) is 5.03. The molecular weight excluding hydrogens is 466 g/mol. The Morgan fingerprint density at radius 1 is 1.11 bits per heavy atom. The Kier molecular flexibility index (Phi) is 6.46. The first-order valence-electron chi connectivity index (χ1n) is 12.0. The molecule has 1 amide bonds. The van der Waals surface area contributed by atoms with Crippen molar-refractivity contribution in [3.63, 3.8) is 0 Å². The predicted octanol–water partition coefficient (Wildman–Crippen LogP) is 2.67. The molecule has 1 N–H and O–H groups in total. The normalized spacial score (nSPS) is 23.5. The number of carbonyl (C=O) groups excluding carboxylic acids is 2. The number of nitro benzene ring substituents is 1. The first-order valence-corrected chi connectivity index (χ1v) is 12.0. The maximum atomic E-state index is 13.3. The summed E-state index contributed by atoms with van der Waals surface area (Å²) in [6, 6.07) is 10.1. The van der Waals surface area contributed by atoms with E-state index in [1.54, 1.807) is 18.2 Å². The third-order valence-corrected chi connectivity index (χ3v) is 6.89. The van der Waals surface area contributed by atoms with Crippen molar-refractivity contribution in [3.05, 3.63) is 74.8 Å². The molecule has 3 heterocycles. The van der Waals surface area contributed by atoms with Crippen molar-refractivity contribution in [1.82, 2.24) is 9.80 Å². The van der Waals surface area contributed by atoms with Crippen molar-refractivity contribution < 1.29 is 29.1 Å². The van der Waals surface area contributed by atoms with Gasteiger partial charge in [0.15, 0.2) is 0 Å². The number of hydrogen-bond acceptors (Lipinski definition) is 8. The van der Waals surface area contributed by atoms with Gasteiger partial charge in [-0.2, -0.15) is 0 Å². The number of carbonyl (C=O) groups is 2. The van der Waals surface area contributed by atoms with Gasteiger partial charge in [-0.1, -0.05) is 0 Å². The van der Waals surface area contributed by atoms with Gasteiger partial charge in [0, 0.05) is 50.3 Å². The van der Waals surface area contributed by atoms with Gasteiger partial charge in [0.2, 0.25) is 0 Å². The van der Waals surface area contributed by atoms with Crippen LogP contribution >= 0.6 is 0 Å². The summed E-state index contributed by atoms with van der Waals surface area (Å²) in [4.78, 5) is 40.7. The Morgan fingerprint density at radius 3 is 2.53 bits per heavy atom. The molecule has 5 rings (SSSR count). The Morgan fingerprint density at radius 2 is 1.83 bits per heavy atom. The van der Waals surface area contributed by atoms with Crippen LogP contribution in [0.3, 0.4) is 0 Å². The molecule has 188 valence electrons. The Balaban J connectivity index is 1.54. The Labute approximate surface area is 207 Å². The van der Waals surface area contributed by atoms with Crippen LogP contribution in [0.25, 0.3) is 5.76 Å². The number of fused-ring (bicyclic) bond motifs is 1. The third-order valence-electron chi connectivity index (χ3n) is 6.89. The van der Waals surface area contributed by atoms with E-state index in [0.717, 1.165) is 24.4 Å². The molecule has 36 heavy (non-hydrogen) atoms. The molecule has 0 aromatic heterocycles. The van der Waals surface area contributed by atoms with E-state index in [1.165, 1.54) is 29.2 Å².